The number of hydrogen-bond acceptors (Lipinski definition) is 3. The lowest BCUT2D eigenvalue weighted by molar-refractivity contribution is 0.462. The third kappa shape index (κ3) is 6.41. The molecule has 1 aromatic rings. The number of aryl methyl sites for hydroxylation is 1. The average Bonchev–Trinajstić information content (AvgIpc) is 2.43. The Morgan fingerprint density at radius 3 is 2.71 bits per heavy atom. The van der Waals surface area contributed by atoms with Gasteiger partial charge in [-0.05, 0) is 50.2 Å². The molecule has 0 saturated heterocycles. The minimum absolute atomic E-state index is 0.129. The smallest absolute Gasteiger partial charge is 0.213 e. The maximum Gasteiger partial charge on any atom is 0.213 e. The lowest BCUT2D eigenvalue weighted by Crippen LogP contribution is -2.33. The van der Waals surface area contributed by atoms with Crippen LogP contribution >= 0.6 is 12.2 Å². The van der Waals surface area contributed by atoms with Gasteiger partial charge in [0.15, 0.2) is 5.11 Å². The first-order chi connectivity index (χ1) is 9.85. The highest BCUT2D eigenvalue weighted by molar-refractivity contribution is 7.89. The summed E-state index contributed by atoms with van der Waals surface area (Å²) in [6, 6.07) is 7.94. The minimum atomic E-state index is -3.10. The van der Waals surface area contributed by atoms with Crippen LogP contribution in [0.5, 0.6) is 0 Å². The van der Waals surface area contributed by atoms with E-state index in [0.29, 0.717) is 24.6 Å². The Kier molecular flexibility index (Phi) is 7.07. The second kappa shape index (κ2) is 8.31. The number of rotatable bonds is 7. The van der Waals surface area contributed by atoms with Crippen molar-refractivity contribution in [1.82, 2.24) is 9.62 Å². The summed E-state index contributed by atoms with van der Waals surface area (Å²) in [7, 11) is -1.50. The van der Waals surface area contributed by atoms with E-state index in [1.807, 2.05) is 31.2 Å². The molecule has 1 rings (SSSR count). The topological polar surface area (TPSA) is 61.4 Å². The van der Waals surface area contributed by atoms with Crippen molar-refractivity contribution < 1.29 is 8.42 Å². The van der Waals surface area contributed by atoms with Crippen LogP contribution in [0.15, 0.2) is 24.3 Å². The SMILES string of the molecule is CCS(=O)(=O)N(C)CCCNC(=S)Nc1cccc(C)c1. The first-order valence-electron chi connectivity index (χ1n) is 6.90. The van der Waals surface area contributed by atoms with E-state index in [4.69, 9.17) is 12.2 Å². The van der Waals surface area contributed by atoms with Crippen LogP contribution < -0.4 is 10.6 Å². The zero-order valence-corrected chi connectivity index (χ0v) is 14.4. The summed E-state index contributed by atoms with van der Waals surface area (Å²) in [5, 5.41) is 6.72. The number of benzene rings is 1. The molecule has 0 saturated carbocycles. The van der Waals surface area contributed by atoms with Crippen molar-refractivity contribution in [3.05, 3.63) is 29.8 Å². The van der Waals surface area contributed by atoms with Crippen LogP contribution in [0.1, 0.15) is 18.9 Å². The van der Waals surface area contributed by atoms with Gasteiger partial charge in [0.2, 0.25) is 10.0 Å². The molecule has 21 heavy (non-hydrogen) atoms. The number of nitrogens with zero attached hydrogens (tertiary/aromatic N) is 1. The van der Waals surface area contributed by atoms with Crippen molar-refractivity contribution in [2.75, 3.05) is 31.2 Å². The summed E-state index contributed by atoms with van der Waals surface area (Å²) in [6.07, 6.45) is 0.700. The van der Waals surface area contributed by atoms with Gasteiger partial charge >= 0.3 is 0 Å². The predicted octanol–water partition coefficient (Wildman–Crippen LogP) is 1.95. The van der Waals surface area contributed by atoms with Gasteiger partial charge in [-0.25, -0.2) is 12.7 Å². The largest absolute Gasteiger partial charge is 0.362 e. The third-order valence-corrected chi connectivity index (χ3v) is 5.16. The van der Waals surface area contributed by atoms with Gasteiger partial charge in [-0.2, -0.15) is 0 Å². The van der Waals surface area contributed by atoms with E-state index in [0.717, 1.165) is 11.3 Å². The Hall–Kier alpha value is -1.18. The molecule has 0 fully saturated rings. The fraction of sp³-hybridized carbons (Fsp3) is 0.500. The molecule has 0 atom stereocenters. The van der Waals surface area contributed by atoms with Crippen molar-refractivity contribution in [2.45, 2.75) is 20.3 Å². The zero-order chi connectivity index (χ0) is 15.9. The molecule has 0 spiro atoms. The van der Waals surface area contributed by atoms with Gasteiger partial charge in [0, 0.05) is 25.8 Å². The van der Waals surface area contributed by atoms with Crippen LogP contribution in [0.2, 0.25) is 0 Å². The summed E-state index contributed by atoms with van der Waals surface area (Å²) < 4.78 is 24.5. The van der Waals surface area contributed by atoms with Gasteiger partial charge in [0.25, 0.3) is 0 Å². The lowest BCUT2D eigenvalue weighted by Gasteiger charge is -2.16. The molecule has 7 heteroatoms. The number of sulfonamides is 1. The van der Waals surface area contributed by atoms with Crippen LogP contribution in [-0.2, 0) is 10.0 Å². The normalized spacial score (nSPS) is 11.4. The van der Waals surface area contributed by atoms with E-state index in [-0.39, 0.29) is 5.75 Å². The summed E-state index contributed by atoms with van der Waals surface area (Å²) >= 11 is 5.20. The summed E-state index contributed by atoms with van der Waals surface area (Å²) in [4.78, 5) is 0. The zero-order valence-electron chi connectivity index (χ0n) is 12.7. The van der Waals surface area contributed by atoms with E-state index in [1.54, 1.807) is 14.0 Å². The van der Waals surface area contributed by atoms with Crippen LogP contribution in [0.3, 0.4) is 0 Å². The fourth-order valence-corrected chi connectivity index (χ4v) is 2.83. The lowest BCUT2D eigenvalue weighted by atomic mass is 10.2. The molecule has 0 aliphatic rings. The van der Waals surface area contributed by atoms with Crippen LogP contribution in [-0.4, -0.2) is 43.7 Å². The molecule has 118 valence electrons. The fourth-order valence-electron chi connectivity index (χ4n) is 1.76. The molecular formula is C14H23N3O2S2. The van der Waals surface area contributed by atoms with Gasteiger partial charge in [0.05, 0.1) is 5.75 Å². The molecule has 0 bridgehead atoms. The van der Waals surface area contributed by atoms with Gasteiger partial charge < -0.3 is 10.6 Å². The van der Waals surface area contributed by atoms with Crippen molar-refractivity contribution in [2.24, 2.45) is 0 Å². The van der Waals surface area contributed by atoms with Crippen LogP contribution in [0.4, 0.5) is 5.69 Å². The maximum atomic E-state index is 11.6. The van der Waals surface area contributed by atoms with Crippen molar-refractivity contribution >= 4 is 33.0 Å². The number of hydrogen-bond donors (Lipinski definition) is 2. The highest BCUT2D eigenvalue weighted by Gasteiger charge is 2.13. The molecule has 0 aliphatic heterocycles. The van der Waals surface area contributed by atoms with E-state index < -0.39 is 10.0 Å². The van der Waals surface area contributed by atoms with Gasteiger partial charge in [-0.1, -0.05) is 12.1 Å². The summed E-state index contributed by atoms with van der Waals surface area (Å²) in [5.74, 6) is 0.129. The molecule has 0 heterocycles. The van der Waals surface area contributed by atoms with Crippen LogP contribution in [0.25, 0.3) is 0 Å². The van der Waals surface area contributed by atoms with Gasteiger partial charge in [-0.15, -0.1) is 0 Å². The molecule has 2 N–H and O–H groups in total. The Morgan fingerprint density at radius 2 is 2.10 bits per heavy atom. The molecule has 0 aromatic heterocycles. The average molecular weight is 329 g/mol. The molecule has 0 unspecified atom stereocenters. The summed E-state index contributed by atoms with van der Waals surface area (Å²) in [6.45, 7) is 4.77. The standard InChI is InChI=1S/C14H23N3O2S2/c1-4-21(18,19)17(3)10-6-9-15-14(20)16-13-8-5-7-12(2)11-13/h5,7-8,11H,4,6,9-10H2,1-3H3,(H2,15,16,20). The second-order valence-electron chi connectivity index (χ2n) is 4.83. The number of nitrogens with one attached hydrogen (secondary N) is 2. The number of thiocarbonyl (C=S) groups is 1. The molecule has 0 amide bonds. The molecular weight excluding hydrogens is 306 g/mol. The van der Waals surface area contributed by atoms with Crippen molar-refractivity contribution in [1.29, 1.82) is 0 Å². The van der Waals surface area contributed by atoms with Crippen molar-refractivity contribution in [3.8, 4) is 0 Å². The van der Waals surface area contributed by atoms with E-state index in [2.05, 4.69) is 10.6 Å². The van der Waals surface area contributed by atoms with E-state index in [9.17, 15) is 8.42 Å². The summed E-state index contributed by atoms with van der Waals surface area (Å²) in [5.41, 5.74) is 2.10. The quantitative estimate of drug-likeness (QED) is 0.591. The predicted molar refractivity (Wildman–Crippen MR) is 92.1 cm³/mol. The first kappa shape index (κ1) is 17.9. The van der Waals surface area contributed by atoms with Gasteiger partial charge in [-0.3, -0.25) is 0 Å². The van der Waals surface area contributed by atoms with E-state index >= 15 is 0 Å². The van der Waals surface area contributed by atoms with Crippen molar-refractivity contribution in [3.63, 3.8) is 0 Å². The Bertz CT molecular complexity index is 573. The Morgan fingerprint density at radius 1 is 1.38 bits per heavy atom. The molecule has 0 aliphatic carbocycles. The highest BCUT2D eigenvalue weighted by atomic mass is 32.2. The minimum Gasteiger partial charge on any atom is -0.362 e. The molecule has 1 aromatic carbocycles. The highest BCUT2D eigenvalue weighted by Crippen LogP contribution is 2.09. The third-order valence-electron chi connectivity index (χ3n) is 3.05. The Labute approximate surface area is 132 Å². The van der Waals surface area contributed by atoms with Gasteiger partial charge in [0.1, 0.15) is 0 Å². The first-order valence-corrected chi connectivity index (χ1v) is 8.92. The molecule has 0 radical (unpaired) electrons. The monoisotopic (exact) mass is 329 g/mol. The Balaban J connectivity index is 2.28. The van der Waals surface area contributed by atoms with E-state index in [1.165, 1.54) is 4.31 Å². The molecule has 5 nitrogen and oxygen atoms in total. The number of anilines is 1. The second-order valence-corrected chi connectivity index (χ2v) is 7.60. The van der Waals surface area contributed by atoms with Crippen LogP contribution in [0, 0.1) is 6.92 Å². The maximum absolute atomic E-state index is 11.6.